The highest BCUT2D eigenvalue weighted by atomic mass is 79.9. The molecule has 6 nitrogen and oxygen atoms in total. The summed E-state index contributed by atoms with van der Waals surface area (Å²) in [6, 6.07) is 10.3. The molecule has 0 unspecified atom stereocenters. The summed E-state index contributed by atoms with van der Waals surface area (Å²) >= 11 is 3.23. The predicted molar refractivity (Wildman–Crippen MR) is 88.5 cm³/mol. The van der Waals surface area contributed by atoms with Gasteiger partial charge >= 0.3 is 0 Å². The first-order chi connectivity index (χ1) is 11.5. The Bertz CT molecular complexity index is 986. The van der Waals surface area contributed by atoms with Crippen molar-refractivity contribution in [2.75, 3.05) is 0 Å². The Kier molecular flexibility index (Phi) is 4.30. The van der Waals surface area contributed by atoms with E-state index in [9.17, 15) is 19.2 Å². The first-order valence-electron chi connectivity index (χ1n) is 6.90. The van der Waals surface area contributed by atoms with E-state index in [-0.39, 0.29) is 22.5 Å². The second-order valence-corrected chi connectivity index (χ2v) is 5.94. The minimum absolute atomic E-state index is 0.105. The number of aromatic nitrogens is 2. The van der Waals surface area contributed by atoms with E-state index >= 15 is 0 Å². The van der Waals surface area contributed by atoms with Crippen LogP contribution in [0.3, 0.4) is 0 Å². The fourth-order valence-corrected chi connectivity index (χ4v) is 2.52. The molecule has 0 bridgehead atoms. The van der Waals surface area contributed by atoms with Gasteiger partial charge in [-0.1, -0.05) is 28.1 Å². The number of nitrogens with zero attached hydrogens (tertiary/aromatic N) is 2. The summed E-state index contributed by atoms with van der Waals surface area (Å²) in [6.45, 7) is 0.105. The molecule has 8 heteroatoms. The van der Waals surface area contributed by atoms with Gasteiger partial charge in [0.25, 0.3) is 11.5 Å². The quantitative estimate of drug-likeness (QED) is 0.671. The Hall–Kier alpha value is -2.74. The molecular weight excluding hydrogens is 381 g/mol. The highest BCUT2D eigenvalue weighted by molar-refractivity contribution is 9.10. The fraction of sp³-hybridized carbons (Fsp3) is 0.0625. The van der Waals surface area contributed by atoms with E-state index in [4.69, 9.17) is 0 Å². The third-order valence-corrected chi connectivity index (χ3v) is 3.87. The molecule has 2 aromatic carbocycles. The van der Waals surface area contributed by atoms with Crippen molar-refractivity contribution in [1.82, 2.24) is 15.0 Å². The Balaban J connectivity index is 1.89. The van der Waals surface area contributed by atoms with Gasteiger partial charge in [-0.05, 0) is 35.9 Å². The van der Waals surface area contributed by atoms with Crippen LogP contribution in [0.1, 0.15) is 16.2 Å². The maximum atomic E-state index is 12.9. The van der Waals surface area contributed by atoms with Gasteiger partial charge in [-0.15, -0.1) is 4.73 Å². The Morgan fingerprint density at radius 1 is 1.25 bits per heavy atom. The molecule has 0 aliphatic heterocycles. The molecule has 0 saturated carbocycles. The van der Waals surface area contributed by atoms with Crippen molar-refractivity contribution in [2.45, 2.75) is 6.54 Å². The average molecular weight is 392 g/mol. The number of hydrogen-bond acceptors (Lipinski definition) is 4. The standard InChI is InChI=1S/C16H11BrFN3O3/c17-10-3-6-13-12(7-10)16(23)21(24)14(20-13)15(22)19-8-9-1-4-11(18)5-2-9/h1-7,24H,8H2,(H,19,22). The van der Waals surface area contributed by atoms with Crippen LogP contribution in [0.4, 0.5) is 4.39 Å². The van der Waals surface area contributed by atoms with E-state index in [0.717, 1.165) is 0 Å². The minimum Gasteiger partial charge on any atom is -0.423 e. The number of halogens is 2. The molecule has 0 spiro atoms. The van der Waals surface area contributed by atoms with Gasteiger partial charge in [-0.2, -0.15) is 0 Å². The Labute approximate surface area is 143 Å². The van der Waals surface area contributed by atoms with E-state index in [2.05, 4.69) is 26.2 Å². The molecule has 1 aromatic heterocycles. The maximum Gasteiger partial charge on any atom is 0.294 e. The van der Waals surface area contributed by atoms with E-state index in [1.54, 1.807) is 12.1 Å². The van der Waals surface area contributed by atoms with Gasteiger partial charge in [0.05, 0.1) is 10.9 Å². The van der Waals surface area contributed by atoms with Crippen LogP contribution >= 0.6 is 15.9 Å². The Morgan fingerprint density at radius 2 is 1.96 bits per heavy atom. The normalized spacial score (nSPS) is 10.8. The number of rotatable bonds is 3. The van der Waals surface area contributed by atoms with Crippen molar-refractivity contribution in [3.8, 4) is 0 Å². The monoisotopic (exact) mass is 391 g/mol. The number of carbonyl (C=O) groups excluding carboxylic acids is 1. The lowest BCUT2D eigenvalue weighted by Gasteiger charge is -2.09. The molecule has 0 saturated heterocycles. The number of fused-ring (bicyclic) bond motifs is 1. The van der Waals surface area contributed by atoms with Gasteiger partial charge in [0.2, 0.25) is 5.82 Å². The van der Waals surface area contributed by atoms with Crippen molar-refractivity contribution in [3.63, 3.8) is 0 Å². The first kappa shape index (κ1) is 16.1. The van der Waals surface area contributed by atoms with E-state index in [1.165, 1.54) is 30.3 Å². The second-order valence-electron chi connectivity index (χ2n) is 5.02. The van der Waals surface area contributed by atoms with Gasteiger partial charge in [-0.3, -0.25) is 9.59 Å². The van der Waals surface area contributed by atoms with Crippen molar-refractivity contribution >= 4 is 32.7 Å². The molecule has 0 radical (unpaired) electrons. The number of amides is 1. The lowest BCUT2D eigenvalue weighted by atomic mass is 10.2. The number of benzene rings is 2. The largest absolute Gasteiger partial charge is 0.423 e. The molecule has 0 aliphatic rings. The summed E-state index contributed by atoms with van der Waals surface area (Å²) in [5, 5.41) is 12.6. The van der Waals surface area contributed by atoms with Crippen LogP contribution in [-0.2, 0) is 6.54 Å². The molecule has 1 heterocycles. The first-order valence-corrected chi connectivity index (χ1v) is 7.69. The van der Waals surface area contributed by atoms with Gasteiger partial charge in [0.15, 0.2) is 0 Å². The van der Waals surface area contributed by atoms with Crippen LogP contribution in [0.5, 0.6) is 0 Å². The van der Waals surface area contributed by atoms with Crippen molar-refractivity contribution in [2.24, 2.45) is 0 Å². The maximum absolute atomic E-state index is 12.9. The lowest BCUT2D eigenvalue weighted by Crippen LogP contribution is -2.32. The number of carbonyl (C=O) groups is 1. The molecule has 2 N–H and O–H groups in total. The minimum atomic E-state index is -0.742. The molecular formula is C16H11BrFN3O3. The smallest absolute Gasteiger partial charge is 0.294 e. The molecule has 0 atom stereocenters. The SMILES string of the molecule is O=C(NCc1ccc(F)cc1)c1nc2ccc(Br)cc2c(=O)n1O. The molecule has 24 heavy (non-hydrogen) atoms. The molecule has 3 rings (SSSR count). The second kappa shape index (κ2) is 6.40. The zero-order valence-corrected chi connectivity index (χ0v) is 13.7. The summed E-state index contributed by atoms with van der Waals surface area (Å²) in [6.07, 6.45) is 0. The summed E-state index contributed by atoms with van der Waals surface area (Å²) in [5.74, 6) is -1.52. The fourth-order valence-electron chi connectivity index (χ4n) is 2.16. The number of nitrogens with one attached hydrogen (secondary N) is 1. The van der Waals surface area contributed by atoms with Crippen molar-refractivity contribution < 1.29 is 14.4 Å². The van der Waals surface area contributed by atoms with Crippen LogP contribution in [0.2, 0.25) is 0 Å². The summed E-state index contributed by atoms with van der Waals surface area (Å²) in [7, 11) is 0. The molecule has 0 aliphatic carbocycles. The molecule has 122 valence electrons. The molecule has 3 aromatic rings. The van der Waals surface area contributed by atoms with Gasteiger partial charge in [-0.25, -0.2) is 9.37 Å². The lowest BCUT2D eigenvalue weighted by molar-refractivity contribution is 0.0878. The zero-order valence-electron chi connectivity index (χ0n) is 12.2. The molecule has 0 fully saturated rings. The summed E-state index contributed by atoms with van der Waals surface area (Å²) < 4.78 is 13.7. The topological polar surface area (TPSA) is 84.2 Å². The van der Waals surface area contributed by atoms with E-state index < -0.39 is 17.3 Å². The van der Waals surface area contributed by atoms with Crippen LogP contribution in [-0.4, -0.2) is 20.8 Å². The highest BCUT2D eigenvalue weighted by Crippen LogP contribution is 2.15. The summed E-state index contributed by atoms with van der Waals surface area (Å²) in [5.41, 5.74) is 0.218. The van der Waals surface area contributed by atoms with Crippen LogP contribution in [0, 0.1) is 5.82 Å². The van der Waals surface area contributed by atoms with E-state index in [0.29, 0.717) is 15.6 Å². The Morgan fingerprint density at radius 3 is 2.67 bits per heavy atom. The van der Waals surface area contributed by atoms with Gasteiger partial charge in [0, 0.05) is 11.0 Å². The predicted octanol–water partition coefficient (Wildman–Crippen LogP) is 2.47. The van der Waals surface area contributed by atoms with Crippen LogP contribution < -0.4 is 10.9 Å². The highest BCUT2D eigenvalue weighted by Gasteiger charge is 2.17. The van der Waals surface area contributed by atoms with E-state index in [1.807, 2.05) is 0 Å². The van der Waals surface area contributed by atoms with Gasteiger partial charge < -0.3 is 10.5 Å². The van der Waals surface area contributed by atoms with Crippen molar-refractivity contribution in [3.05, 3.63) is 74.5 Å². The van der Waals surface area contributed by atoms with Crippen molar-refractivity contribution in [1.29, 1.82) is 0 Å². The number of hydrogen-bond donors (Lipinski definition) is 2. The average Bonchev–Trinajstić information content (AvgIpc) is 2.58. The van der Waals surface area contributed by atoms with Crippen LogP contribution in [0.25, 0.3) is 10.9 Å². The van der Waals surface area contributed by atoms with Gasteiger partial charge in [0.1, 0.15) is 5.82 Å². The third-order valence-electron chi connectivity index (χ3n) is 3.38. The van der Waals surface area contributed by atoms with Crippen LogP contribution in [0.15, 0.2) is 51.7 Å². The third kappa shape index (κ3) is 3.13. The molecule has 1 amide bonds. The zero-order chi connectivity index (χ0) is 17.3. The summed E-state index contributed by atoms with van der Waals surface area (Å²) in [4.78, 5) is 28.4.